The summed E-state index contributed by atoms with van der Waals surface area (Å²) in [5, 5.41) is 11.6. The molecule has 1 amide bonds. The fourth-order valence-corrected chi connectivity index (χ4v) is 1.84. The van der Waals surface area contributed by atoms with Gasteiger partial charge >= 0.3 is 5.97 Å². The van der Waals surface area contributed by atoms with Gasteiger partial charge in [-0.15, -0.1) is 0 Å². The molecule has 0 aliphatic heterocycles. The Morgan fingerprint density at radius 1 is 1.33 bits per heavy atom. The molecule has 0 saturated carbocycles. The Hall–Kier alpha value is -1.40. The number of halogens is 1. The van der Waals surface area contributed by atoms with E-state index in [1.165, 1.54) is 6.07 Å². The molecule has 0 unspecified atom stereocenters. The van der Waals surface area contributed by atoms with E-state index in [0.29, 0.717) is 23.1 Å². The van der Waals surface area contributed by atoms with Gasteiger partial charge in [0.2, 0.25) is 5.91 Å². The predicted molar refractivity (Wildman–Crippen MR) is 72.6 cm³/mol. The molecule has 0 saturated heterocycles. The zero-order valence-electron chi connectivity index (χ0n) is 9.78. The molecule has 0 aromatic heterocycles. The Balaban J connectivity index is 2.65. The zero-order valence-corrected chi connectivity index (χ0v) is 11.4. The van der Waals surface area contributed by atoms with Gasteiger partial charge in [0.1, 0.15) is 0 Å². The molecule has 1 aromatic rings. The first-order valence-electron chi connectivity index (χ1n) is 5.57. The lowest BCUT2D eigenvalue weighted by Crippen LogP contribution is -2.12. The molecule has 6 heteroatoms. The Morgan fingerprint density at radius 2 is 2.06 bits per heavy atom. The van der Waals surface area contributed by atoms with E-state index in [2.05, 4.69) is 21.2 Å². The predicted octanol–water partition coefficient (Wildman–Crippen LogP) is 2.21. The standard InChI is InChI=1S/C12H15BrN2O3/c13-10-5-4-8(7-9(10)12(17)18)15-11(16)3-1-2-6-14/h4-5,7H,1-3,6,14H2,(H,15,16)(H,17,18). The molecule has 0 spiro atoms. The monoisotopic (exact) mass is 314 g/mol. The summed E-state index contributed by atoms with van der Waals surface area (Å²) < 4.78 is 0.483. The summed E-state index contributed by atoms with van der Waals surface area (Å²) in [6.07, 6.45) is 1.91. The number of anilines is 1. The van der Waals surface area contributed by atoms with Crippen molar-refractivity contribution in [3.63, 3.8) is 0 Å². The van der Waals surface area contributed by atoms with Gasteiger partial charge in [-0.1, -0.05) is 0 Å². The number of unbranched alkanes of at least 4 members (excludes halogenated alkanes) is 1. The molecule has 0 atom stereocenters. The van der Waals surface area contributed by atoms with Crippen molar-refractivity contribution in [2.45, 2.75) is 19.3 Å². The number of carbonyl (C=O) groups is 2. The molecule has 0 heterocycles. The number of carboxylic acids is 1. The fourth-order valence-electron chi connectivity index (χ4n) is 1.42. The van der Waals surface area contributed by atoms with Crippen LogP contribution in [0, 0.1) is 0 Å². The minimum atomic E-state index is -1.04. The van der Waals surface area contributed by atoms with Gasteiger partial charge in [0.15, 0.2) is 0 Å². The Kier molecular flexibility index (Phi) is 5.80. The van der Waals surface area contributed by atoms with Gasteiger partial charge in [-0.05, 0) is 53.5 Å². The molecular formula is C12H15BrN2O3. The molecule has 0 aliphatic rings. The largest absolute Gasteiger partial charge is 0.478 e. The highest BCUT2D eigenvalue weighted by atomic mass is 79.9. The smallest absolute Gasteiger partial charge is 0.336 e. The SMILES string of the molecule is NCCCCC(=O)Nc1ccc(Br)c(C(=O)O)c1. The third-order valence-electron chi connectivity index (χ3n) is 2.34. The summed E-state index contributed by atoms with van der Waals surface area (Å²) in [5.41, 5.74) is 5.94. The maximum Gasteiger partial charge on any atom is 0.336 e. The number of carbonyl (C=O) groups excluding carboxylic acids is 1. The van der Waals surface area contributed by atoms with Crippen LogP contribution < -0.4 is 11.1 Å². The number of rotatable bonds is 6. The summed E-state index contributed by atoms with van der Waals surface area (Å²) in [5.74, 6) is -1.18. The number of aromatic carboxylic acids is 1. The third kappa shape index (κ3) is 4.46. The van der Waals surface area contributed by atoms with Crippen molar-refractivity contribution in [2.24, 2.45) is 5.73 Å². The van der Waals surface area contributed by atoms with E-state index in [4.69, 9.17) is 10.8 Å². The van der Waals surface area contributed by atoms with E-state index in [-0.39, 0.29) is 11.5 Å². The van der Waals surface area contributed by atoms with E-state index < -0.39 is 5.97 Å². The van der Waals surface area contributed by atoms with Crippen LogP contribution in [0.2, 0.25) is 0 Å². The minimum Gasteiger partial charge on any atom is -0.478 e. The van der Waals surface area contributed by atoms with Gasteiger partial charge in [0.05, 0.1) is 5.56 Å². The average Bonchev–Trinajstić information content (AvgIpc) is 2.31. The molecular weight excluding hydrogens is 300 g/mol. The van der Waals surface area contributed by atoms with E-state index in [1.807, 2.05) is 0 Å². The highest BCUT2D eigenvalue weighted by molar-refractivity contribution is 9.10. The van der Waals surface area contributed by atoms with Crippen LogP contribution in [0.25, 0.3) is 0 Å². The quantitative estimate of drug-likeness (QED) is 0.702. The highest BCUT2D eigenvalue weighted by Gasteiger charge is 2.10. The van der Waals surface area contributed by atoms with E-state index >= 15 is 0 Å². The van der Waals surface area contributed by atoms with Crippen molar-refractivity contribution in [2.75, 3.05) is 11.9 Å². The van der Waals surface area contributed by atoms with E-state index in [9.17, 15) is 9.59 Å². The molecule has 98 valence electrons. The minimum absolute atomic E-state index is 0.120. The number of benzene rings is 1. The maximum absolute atomic E-state index is 11.5. The lowest BCUT2D eigenvalue weighted by atomic mass is 10.2. The normalized spacial score (nSPS) is 10.1. The van der Waals surface area contributed by atoms with Crippen LogP contribution in [-0.2, 0) is 4.79 Å². The summed E-state index contributed by atoms with van der Waals surface area (Å²) in [4.78, 5) is 22.5. The van der Waals surface area contributed by atoms with Crippen molar-refractivity contribution in [1.29, 1.82) is 0 Å². The number of amides is 1. The molecule has 0 bridgehead atoms. The average molecular weight is 315 g/mol. The molecule has 0 radical (unpaired) electrons. The van der Waals surface area contributed by atoms with Crippen LogP contribution in [0.5, 0.6) is 0 Å². The van der Waals surface area contributed by atoms with Gasteiger partial charge < -0.3 is 16.2 Å². The second-order valence-corrected chi connectivity index (χ2v) is 4.65. The number of carboxylic acid groups (broad SMARTS) is 1. The zero-order chi connectivity index (χ0) is 13.5. The van der Waals surface area contributed by atoms with Crippen molar-refractivity contribution >= 4 is 33.5 Å². The van der Waals surface area contributed by atoms with E-state index in [1.54, 1.807) is 12.1 Å². The summed E-state index contributed by atoms with van der Waals surface area (Å²) in [6, 6.07) is 4.67. The maximum atomic E-state index is 11.5. The van der Waals surface area contributed by atoms with Crippen molar-refractivity contribution in [3.05, 3.63) is 28.2 Å². The van der Waals surface area contributed by atoms with Crippen molar-refractivity contribution in [1.82, 2.24) is 0 Å². The van der Waals surface area contributed by atoms with Gasteiger partial charge in [-0.3, -0.25) is 4.79 Å². The highest BCUT2D eigenvalue weighted by Crippen LogP contribution is 2.21. The third-order valence-corrected chi connectivity index (χ3v) is 3.03. The van der Waals surface area contributed by atoms with E-state index in [0.717, 1.165) is 12.8 Å². The molecule has 1 rings (SSSR count). The van der Waals surface area contributed by atoms with Crippen molar-refractivity contribution < 1.29 is 14.7 Å². The lowest BCUT2D eigenvalue weighted by molar-refractivity contribution is -0.116. The lowest BCUT2D eigenvalue weighted by Gasteiger charge is -2.07. The van der Waals surface area contributed by atoms with Gasteiger partial charge in [0, 0.05) is 16.6 Å². The number of hydrogen-bond donors (Lipinski definition) is 3. The second kappa shape index (κ2) is 7.13. The van der Waals surface area contributed by atoms with Crippen LogP contribution in [-0.4, -0.2) is 23.5 Å². The Labute approximate surface area is 113 Å². The van der Waals surface area contributed by atoms with Crippen LogP contribution in [0.3, 0.4) is 0 Å². The van der Waals surface area contributed by atoms with Crippen LogP contribution in [0.4, 0.5) is 5.69 Å². The topological polar surface area (TPSA) is 92.4 Å². The summed E-state index contributed by atoms with van der Waals surface area (Å²) >= 11 is 3.14. The fraction of sp³-hybridized carbons (Fsp3) is 0.333. The Morgan fingerprint density at radius 3 is 2.67 bits per heavy atom. The number of nitrogens with one attached hydrogen (secondary N) is 1. The molecule has 0 fully saturated rings. The first-order valence-corrected chi connectivity index (χ1v) is 6.36. The van der Waals surface area contributed by atoms with Gasteiger partial charge in [-0.25, -0.2) is 4.79 Å². The number of hydrogen-bond acceptors (Lipinski definition) is 3. The Bertz CT molecular complexity index is 449. The molecule has 5 nitrogen and oxygen atoms in total. The van der Waals surface area contributed by atoms with Gasteiger partial charge in [0.25, 0.3) is 0 Å². The van der Waals surface area contributed by atoms with Gasteiger partial charge in [-0.2, -0.15) is 0 Å². The summed E-state index contributed by atoms with van der Waals surface area (Å²) in [6.45, 7) is 0.564. The van der Waals surface area contributed by atoms with Crippen LogP contribution >= 0.6 is 15.9 Å². The molecule has 1 aromatic carbocycles. The molecule has 4 N–H and O–H groups in total. The first kappa shape index (κ1) is 14.7. The van der Waals surface area contributed by atoms with Crippen molar-refractivity contribution in [3.8, 4) is 0 Å². The van der Waals surface area contributed by atoms with Crippen LogP contribution in [0.1, 0.15) is 29.6 Å². The number of nitrogens with two attached hydrogens (primary N) is 1. The second-order valence-electron chi connectivity index (χ2n) is 3.79. The summed E-state index contributed by atoms with van der Waals surface area (Å²) in [7, 11) is 0. The first-order chi connectivity index (χ1) is 8.54. The molecule has 18 heavy (non-hydrogen) atoms. The molecule has 0 aliphatic carbocycles. The van der Waals surface area contributed by atoms with Crippen LogP contribution in [0.15, 0.2) is 22.7 Å².